The molecular weight excluding hydrogens is 368 g/mol. The molecule has 2 heterocycles. The molecule has 0 unspecified atom stereocenters. The number of hydrogen-bond donors (Lipinski definition) is 1. The summed E-state index contributed by atoms with van der Waals surface area (Å²) in [6.45, 7) is 0.498. The van der Waals surface area contributed by atoms with Crippen molar-refractivity contribution >= 4 is 21.8 Å². The zero-order valence-electron chi connectivity index (χ0n) is 14.6. The number of sulfonamides is 1. The van der Waals surface area contributed by atoms with Crippen molar-refractivity contribution in [1.29, 1.82) is 0 Å². The molecule has 0 spiro atoms. The van der Waals surface area contributed by atoms with E-state index in [4.69, 9.17) is 10.6 Å². The van der Waals surface area contributed by atoms with E-state index < -0.39 is 21.9 Å². The minimum absolute atomic E-state index is 0.0561. The summed E-state index contributed by atoms with van der Waals surface area (Å²) in [6.07, 6.45) is 3.85. The first-order chi connectivity index (χ1) is 13.0. The van der Waals surface area contributed by atoms with Crippen molar-refractivity contribution in [3.8, 4) is 0 Å². The Kier molecular flexibility index (Phi) is 5.82. The van der Waals surface area contributed by atoms with Gasteiger partial charge in [-0.25, -0.2) is 13.2 Å². The van der Waals surface area contributed by atoms with Crippen molar-refractivity contribution < 1.29 is 18.0 Å². The van der Waals surface area contributed by atoms with Crippen LogP contribution in [-0.4, -0.2) is 42.6 Å². The van der Waals surface area contributed by atoms with Gasteiger partial charge in [0.2, 0.25) is 10.0 Å². The van der Waals surface area contributed by atoms with E-state index in [1.165, 1.54) is 10.5 Å². The van der Waals surface area contributed by atoms with Gasteiger partial charge in [0.15, 0.2) is 5.84 Å². The lowest BCUT2D eigenvalue weighted by Crippen LogP contribution is -2.40. The van der Waals surface area contributed by atoms with Gasteiger partial charge in [-0.15, -0.1) is 0 Å². The number of carbonyl (C=O) groups is 1. The van der Waals surface area contributed by atoms with Crippen LogP contribution >= 0.6 is 0 Å². The fourth-order valence-corrected chi connectivity index (χ4v) is 4.30. The van der Waals surface area contributed by atoms with E-state index in [2.05, 4.69) is 10.1 Å². The molecule has 1 saturated heterocycles. The number of amidine groups is 1. The maximum Gasteiger partial charge on any atom is 0.338 e. The van der Waals surface area contributed by atoms with Crippen LogP contribution < -0.4 is 5.73 Å². The standard InChI is InChI=1S/C18H20N4O4S/c19-17(15-5-4-10-20-13-15)21-26-18(23)14-8-11-22(12-9-14)27(24,25)16-6-2-1-3-7-16/h1-7,10,13-14H,8-9,11-12H2,(H2,19,21). The van der Waals surface area contributed by atoms with Crippen LogP contribution in [0.15, 0.2) is 64.9 Å². The largest absolute Gasteiger partial charge is 0.380 e. The fraction of sp³-hybridized carbons (Fsp3) is 0.278. The lowest BCUT2D eigenvalue weighted by Gasteiger charge is -2.29. The maximum absolute atomic E-state index is 12.6. The smallest absolute Gasteiger partial charge is 0.338 e. The summed E-state index contributed by atoms with van der Waals surface area (Å²) in [7, 11) is -3.55. The van der Waals surface area contributed by atoms with Gasteiger partial charge < -0.3 is 10.6 Å². The van der Waals surface area contributed by atoms with Gasteiger partial charge in [0, 0.05) is 31.0 Å². The summed E-state index contributed by atoms with van der Waals surface area (Å²) in [6, 6.07) is 11.6. The van der Waals surface area contributed by atoms with Crippen LogP contribution in [0.25, 0.3) is 0 Å². The Morgan fingerprint density at radius 2 is 1.85 bits per heavy atom. The number of rotatable bonds is 5. The third kappa shape index (κ3) is 4.50. The normalized spacial score (nSPS) is 16.8. The Morgan fingerprint density at radius 3 is 2.48 bits per heavy atom. The molecule has 2 N–H and O–H groups in total. The average Bonchev–Trinajstić information content (AvgIpc) is 2.73. The zero-order chi connectivity index (χ0) is 19.3. The number of piperidine rings is 1. The Hall–Kier alpha value is -2.78. The molecule has 0 aliphatic carbocycles. The highest BCUT2D eigenvalue weighted by Gasteiger charge is 2.33. The van der Waals surface area contributed by atoms with Crippen molar-refractivity contribution in [2.75, 3.05) is 13.1 Å². The molecule has 1 fully saturated rings. The van der Waals surface area contributed by atoms with Crippen LogP contribution in [0.5, 0.6) is 0 Å². The third-order valence-corrected chi connectivity index (χ3v) is 6.27. The highest BCUT2D eigenvalue weighted by Crippen LogP contribution is 2.24. The van der Waals surface area contributed by atoms with E-state index in [1.807, 2.05) is 0 Å². The summed E-state index contributed by atoms with van der Waals surface area (Å²) < 4.78 is 26.6. The van der Waals surface area contributed by atoms with Crippen LogP contribution in [0.2, 0.25) is 0 Å². The predicted molar refractivity (Wildman–Crippen MR) is 99.0 cm³/mol. The molecule has 0 amide bonds. The minimum atomic E-state index is -3.55. The van der Waals surface area contributed by atoms with Gasteiger partial charge in [-0.2, -0.15) is 4.31 Å². The topological polar surface area (TPSA) is 115 Å². The number of nitrogens with two attached hydrogens (primary N) is 1. The van der Waals surface area contributed by atoms with Crippen molar-refractivity contribution in [3.05, 3.63) is 60.4 Å². The monoisotopic (exact) mass is 388 g/mol. The predicted octanol–water partition coefficient (Wildman–Crippen LogP) is 1.35. The molecule has 1 aromatic carbocycles. The number of pyridine rings is 1. The molecule has 27 heavy (non-hydrogen) atoms. The van der Waals surface area contributed by atoms with Gasteiger partial charge in [0.25, 0.3) is 0 Å². The Bertz CT molecular complexity index is 909. The molecule has 0 radical (unpaired) electrons. The van der Waals surface area contributed by atoms with Crippen LogP contribution in [-0.2, 0) is 19.7 Å². The minimum Gasteiger partial charge on any atom is -0.380 e. The van der Waals surface area contributed by atoms with Crippen molar-refractivity contribution in [3.63, 3.8) is 0 Å². The molecule has 3 rings (SSSR count). The van der Waals surface area contributed by atoms with E-state index in [9.17, 15) is 13.2 Å². The van der Waals surface area contributed by atoms with Gasteiger partial charge in [-0.1, -0.05) is 23.4 Å². The summed E-state index contributed by atoms with van der Waals surface area (Å²) in [5, 5.41) is 3.66. The number of hydrogen-bond acceptors (Lipinski definition) is 6. The molecule has 142 valence electrons. The summed E-state index contributed by atoms with van der Waals surface area (Å²) >= 11 is 0. The summed E-state index contributed by atoms with van der Waals surface area (Å²) in [4.78, 5) is 21.3. The fourth-order valence-electron chi connectivity index (χ4n) is 2.81. The van der Waals surface area contributed by atoms with Crippen molar-refractivity contribution in [2.24, 2.45) is 16.8 Å². The first kappa shape index (κ1) is 19.0. The molecule has 0 bridgehead atoms. The first-order valence-corrected chi connectivity index (χ1v) is 9.92. The number of carbonyl (C=O) groups excluding carboxylic acids is 1. The van der Waals surface area contributed by atoms with Gasteiger partial charge in [0.1, 0.15) is 0 Å². The molecule has 1 aliphatic rings. The molecule has 2 aromatic rings. The van der Waals surface area contributed by atoms with Crippen molar-refractivity contribution in [1.82, 2.24) is 9.29 Å². The molecule has 9 heteroatoms. The second-order valence-corrected chi connectivity index (χ2v) is 8.06. The third-order valence-electron chi connectivity index (χ3n) is 4.36. The first-order valence-electron chi connectivity index (χ1n) is 8.48. The number of nitrogens with zero attached hydrogens (tertiary/aromatic N) is 3. The highest BCUT2D eigenvalue weighted by atomic mass is 32.2. The number of benzene rings is 1. The Balaban J connectivity index is 1.57. The van der Waals surface area contributed by atoms with Gasteiger partial charge in [0.05, 0.1) is 10.8 Å². The Labute approximate surface area is 157 Å². The SMILES string of the molecule is N/C(=N\OC(=O)C1CCN(S(=O)(=O)c2ccccc2)CC1)c1cccnc1. The van der Waals surface area contributed by atoms with Crippen LogP contribution in [0.1, 0.15) is 18.4 Å². The zero-order valence-corrected chi connectivity index (χ0v) is 15.4. The van der Waals surface area contributed by atoms with E-state index in [0.29, 0.717) is 18.4 Å². The lowest BCUT2D eigenvalue weighted by atomic mass is 9.99. The molecule has 1 aromatic heterocycles. The van der Waals surface area contributed by atoms with E-state index in [-0.39, 0.29) is 23.8 Å². The van der Waals surface area contributed by atoms with E-state index in [1.54, 1.807) is 48.7 Å². The number of aromatic nitrogens is 1. The molecule has 8 nitrogen and oxygen atoms in total. The lowest BCUT2D eigenvalue weighted by molar-refractivity contribution is -0.149. The van der Waals surface area contributed by atoms with Crippen LogP contribution in [0, 0.1) is 5.92 Å². The maximum atomic E-state index is 12.6. The molecular formula is C18H20N4O4S. The van der Waals surface area contributed by atoms with Gasteiger partial charge in [-0.3, -0.25) is 4.98 Å². The van der Waals surface area contributed by atoms with E-state index >= 15 is 0 Å². The number of oxime groups is 1. The average molecular weight is 388 g/mol. The quantitative estimate of drug-likeness (QED) is 0.358. The van der Waals surface area contributed by atoms with Gasteiger partial charge >= 0.3 is 5.97 Å². The summed E-state index contributed by atoms with van der Waals surface area (Å²) in [5.74, 6) is -0.878. The van der Waals surface area contributed by atoms with E-state index in [0.717, 1.165) is 0 Å². The summed E-state index contributed by atoms with van der Waals surface area (Å²) in [5.41, 5.74) is 6.31. The molecule has 0 atom stereocenters. The van der Waals surface area contributed by atoms with Crippen LogP contribution in [0.3, 0.4) is 0 Å². The molecule has 1 aliphatic heterocycles. The molecule has 0 saturated carbocycles. The second kappa shape index (κ2) is 8.28. The van der Waals surface area contributed by atoms with Crippen LogP contribution in [0.4, 0.5) is 0 Å². The Morgan fingerprint density at radius 1 is 1.15 bits per heavy atom. The van der Waals surface area contributed by atoms with Gasteiger partial charge in [-0.05, 0) is 37.1 Å². The van der Waals surface area contributed by atoms with Crippen molar-refractivity contribution in [2.45, 2.75) is 17.7 Å². The highest BCUT2D eigenvalue weighted by molar-refractivity contribution is 7.89. The second-order valence-electron chi connectivity index (χ2n) is 6.12.